The lowest BCUT2D eigenvalue weighted by molar-refractivity contribution is 0.410. The maximum absolute atomic E-state index is 5.33. The van der Waals surface area contributed by atoms with Gasteiger partial charge in [-0.1, -0.05) is 24.3 Å². The summed E-state index contributed by atoms with van der Waals surface area (Å²) in [5.74, 6) is 1.48. The normalized spacial score (nSPS) is 10.7. The Morgan fingerprint density at radius 3 is 2.80 bits per heavy atom. The predicted octanol–water partition coefficient (Wildman–Crippen LogP) is 2.66. The first-order valence-electron chi connectivity index (χ1n) is 6.46. The molecule has 0 bridgehead atoms. The number of para-hydroxylation sites is 1. The first-order valence-corrected chi connectivity index (χ1v) is 6.46. The van der Waals surface area contributed by atoms with Crippen molar-refractivity contribution in [2.45, 2.75) is 13.5 Å². The van der Waals surface area contributed by atoms with Crippen LogP contribution in [0.3, 0.4) is 0 Å². The summed E-state index contributed by atoms with van der Waals surface area (Å²) in [6, 6.07) is 13.8. The minimum Gasteiger partial charge on any atom is -0.496 e. The smallest absolute Gasteiger partial charge is 0.243 e. The summed E-state index contributed by atoms with van der Waals surface area (Å²) >= 11 is 0. The van der Waals surface area contributed by atoms with Crippen LogP contribution in [0.25, 0.3) is 5.65 Å². The van der Waals surface area contributed by atoms with Crippen molar-refractivity contribution in [2.75, 3.05) is 12.4 Å². The number of anilines is 1. The number of rotatable bonds is 4. The van der Waals surface area contributed by atoms with E-state index in [1.807, 2.05) is 53.9 Å². The van der Waals surface area contributed by atoms with Gasteiger partial charge in [0, 0.05) is 17.8 Å². The summed E-state index contributed by atoms with van der Waals surface area (Å²) in [6.45, 7) is 2.63. The third-order valence-corrected chi connectivity index (χ3v) is 3.18. The number of aryl methyl sites for hydroxylation is 1. The van der Waals surface area contributed by atoms with Gasteiger partial charge in [-0.05, 0) is 25.1 Å². The molecular formula is C15H16N4O. The van der Waals surface area contributed by atoms with Crippen molar-refractivity contribution in [2.24, 2.45) is 0 Å². The number of hydrogen-bond acceptors (Lipinski definition) is 4. The number of methoxy groups -OCH3 is 1. The van der Waals surface area contributed by atoms with E-state index in [4.69, 9.17) is 4.74 Å². The molecule has 0 unspecified atom stereocenters. The van der Waals surface area contributed by atoms with Gasteiger partial charge in [0.2, 0.25) is 5.95 Å². The summed E-state index contributed by atoms with van der Waals surface area (Å²) in [5.41, 5.74) is 2.97. The van der Waals surface area contributed by atoms with Gasteiger partial charge in [-0.2, -0.15) is 4.98 Å². The Morgan fingerprint density at radius 2 is 2.00 bits per heavy atom. The van der Waals surface area contributed by atoms with Gasteiger partial charge < -0.3 is 10.1 Å². The number of fused-ring (bicyclic) bond motifs is 1. The largest absolute Gasteiger partial charge is 0.496 e. The van der Waals surface area contributed by atoms with Crippen molar-refractivity contribution in [3.05, 3.63) is 53.7 Å². The van der Waals surface area contributed by atoms with Gasteiger partial charge in [0.05, 0.1) is 7.11 Å². The number of nitrogens with one attached hydrogen (secondary N) is 1. The molecule has 0 saturated heterocycles. The van der Waals surface area contributed by atoms with Crippen molar-refractivity contribution in [1.82, 2.24) is 14.6 Å². The van der Waals surface area contributed by atoms with Gasteiger partial charge in [-0.15, -0.1) is 5.10 Å². The van der Waals surface area contributed by atoms with E-state index in [1.54, 1.807) is 7.11 Å². The minimum absolute atomic E-state index is 0.616. The van der Waals surface area contributed by atoms with Gasteiger partial charge in [0.25, 0.3) is 0 Å². The van der Waals surface area contributed by atoms with Crippen LogP contribution >= 0.6 is 0 Å². The van der Waals surface area contributed by atoms with Crippen molar-refractivity contribution in [3.8, 4) is 5.75 Å². The molecule has 102 valence electrons. The quantitative estimate of drug-likeness (QED) is 0.790. The topological polar surface area (TPSA) is 51.5 Å². The minimum atomic E-state index is 0.616. The molecule has 5 heteroatoms. The highest BCUT2D eigenvalue weighted by atomic mass is 16.5. The van der Waals surface area contributed by atoms with Gasteiger partial charge in [-0.25, -0.2) is 4.52 Å². The third-order valence-electron chi connectivity index (χ3n) is 3.18. The lowest BCUT2D eigenvalue weighted by Gasteiger charge is -2.07. The molecular weight excluding hydrogens is 252 g/mol. The van der Waals surface area contributed by atoms with E-state index < -0.39 is 0 Å². The molecule has 0 atom stereocenters. The Labute approximate surface area is 117 Å². The van der Waals surface area contributed by atoms with Crippen LogP contribution < -0.4 is 10.1 Å². The first-order chi connectivity index (χ1) is 9.78. The number of aromatic nitrogens is 3. The van der Waals surface area contributed by atoms with Crippen molar-refractivity contribution in [3.63, 3.8) is 0 Å². The number of ether oxygens (including phenoxy) is 1. The molecule has 0 radical (unpaired) electrons. The van der Waals surface area contributed by atoms with Crippen LogP contribution in [0.4, 0.5) is 5.95 Å². The lowest BCUT2D eigenvalue weighted by Crippen LogP contribution is -2.03. The third kappa shape index (κ3) is 2.30. The Morgan fingerprint density at radius 1 is 1.15 bits per heavy atom. The number of hydrogen-bond donors (Lipinski definition) is 1. The molecule has 2 heterocycles. The van der Waals surface area contributed by atoms with Crippen LogP contribution in [0.15, 0.2) is 42.5 Å². The summed E-state index contributed by atoms with van der Waals surface area (Å²) in [4.78, 5) is 4.44. The molecule has 0 fully saturated rings. The lowest BCUT2D eigenvalue weighted by atomic mass is 10.2. The maximum atomic E-state index is 5.33. The van der Waals surface area contributed by atoms with Gasteiger partial charge in [0.15, 0.2) is 5.65 Å². The van der Waals surface area contributed by atoms with Crippen LogP contribution in [0.2, 0.25) is 0 Å². The van der Waals surface area contributed by atoms with Crippen LogP contribution in [-0.4, -0.2) is 21.7 Å². The summed E-state index contributed by atoms with van der Waals surface area (Å²) in [5, 5.41) is 7.67. The number of pyridine rings is 1. The van der Waals surface area contributed by atoms with E-state index in [-0.39, 0.29) is 0 Å². The standard InChI is InChI=1S/C15H16N4O/c1-11-6-5-9-14-17-15(18-19(11)14)16-10-12-7-3-4-8-13(12)20-2/h3-9H,10H2,1-2H3,(H,16,18). The molecule has 0 aliphatic heterocycles. The van der Waals surface area contributed by atoms with Crippen molar-refractivity contribution < 1.29 is 4.74 Å². The monoisotopic (exact) mass is 268 g/mol. The van der Waals surface area contributed by atoms with Gasteiger partial charge in [0.1, 0.15) is 5.75 Å². The molecule has 0 saturated carbocycles. The zero-order valence-electron chi connectivity index (χ0n) is 11.5. The van der Waals surface area contributed by atoms with E-state index in [0.717, 1.165) is 22.7 Å². The summed E-state index contributed by atoms with van der Waals surface area (Å²) in [6.07, 6.45) is 0. The van der Waals surface area contributed by atoms with Crippen LogP contribution in [0.1, 0.15) is 11.3 Å². The van der Waals surface area contributed by atoms with E-state index in [1.165, 1.54) is 0 Å². The van der Waals surface area contributed by atoms with Crippen molar-refractivity contribution in [1.29, 1.82) is 0 Å². The van der Waals surface area contributed by atoms with Crippen LogP contribution in [0.5, 0.6) is 5.75 Å². The van der Waals surface area contributed by atoms with Crippen molar-refractivity contribution >= 4 is 11.6 Å². The first kappa shape index (κ1) is 12.5. The second-order valence-corrected chi connectivity index (χ2v) is 4.54. The van der Waals surface area contributed by atoms with E-state index >= 15 is 0 Å². The average molecular weight is 268 g/mol. The van der Waals surface area contributed by atoms with Crippen LogP contribution in [0, 0.1) is 6.92 Å². The molecule has 3 aromatic rings. The second kappa shape index (κ2) is 5.21. The Balaban J connectivity index is 1.82. The summed E-state index contributed by atoms with van der Waals surface area (Å²) in [7, 11) is 1.67. The fourth-order valence-corrected chi connectivity index (χ4v) is 2.13. The zero-order valence-corrected chi connectivity index (χ0v) is 11.5. The average Bonchev–Trinajstić information content (AvgIpc) is 2.90. The fourth-order valence-electron chi connectivity index (χ4n) is 2.13. The highest BCUT2D eigenvalue weighted by molar-refractivity contribution is 5.45. The molecule has 5 nitrogen and oxygen atoms in total. The molecule has 0 aliphatic rings. The van der Waals surface area contributed by atoms with Gasteiger partial charge >= 0.3 is 0 Å². The molecule has 20 heavy (non-hydrogen) atoms. The fraction of sp³-hybridized carbons (Fsp3) is 0.200. The second-order valence-electron chi connectivity index (χ2n) is 4.54. The maximum Gasteiger partial charge on any atom is 0.243 e. The molecule has 0 amide bonds. The Bertz CT molecular complexity index is 736. The van der Waals surface area contributed by atoms with E-state index in [2.05, 4.69) is 15.4 Å². The van der Waals surface area contributed by atoms with Crippen LogP contribution in [-0.2, 0) is 6.54 Å². The predicted molar refractivity (Wildman–Crippen MR) is 78.0 cm³/mol. The zero-order chi connectivity index (χ0) is 13.9. The van der Waals surface area contributed by atoms with E-state index in [9.17, 15) is 0 Å². The van der Waals surface area contributed by atoms with E-state index in [0.29, 0.717) is 12.5 Å². The molecule has 1 aromatic carbocycles. The molecule has 2 aromatic heterocycles. The number of nitrogens with zero attached hydrogens (tertiary/aromatic N) is 3. The molecule has 0 spiro atoms. The summed E-state index contributed by atoms with van der Waals surface area (Å²) < 4.78 is 7.15. The highest BCUT2D eigenvalue weighted by Crippen LogP contribution is 2.18. The SMILES string of the molecule is COc1ccccc1CNc1nc2cccc(C)n2n1. The Hall–Kier alpha value is -2.56. The highest BCUT2D eigenvalue weighted by Gasteiger charge is 2.06. The molecule has 1 N–H and O–H groups in total. The van der Waals surface area contributed by atoms with Gasteiger partial charge in [-0.3, -0.25) is 0 Å². The number of benzene rings is 1. The Kier molecular flexibility index (Phi) is 3.25. The molecule has 3 rings (SSSR count). The molecule has 0 aliphatic carbocycles.